The van der Waals surface area contributed by atoms with Crippen molar-refractivity contribution in [3.05, 3.63) is 46.8 Å². The van der Waals surface area contributed by atoms with Gasteiger partial charge in [0.25, 0.3) is 0 Å². The summed E-state index contributed by atoms with van der Waals surface area (Å²) in [7, 11) is 0. The van der Waals surface area contributed by atoms with Crippen molar-refractivity contribution < 1.29 is 9.59 Å². The van der Waals surface area contributed by atoms with E-state index in [-0.39, 0.29) is 11.8 Å². The zero-order chi connectivity index (χ0) is 21.0. The van der Waals surface area contributed by atoms with Gasteiger partial charge in [-0.2, -0.15) is 5.10 Å². The van der Waals surface area contributed by atoms with Crippen LogP contribution in [0.3, 0.4) is 0 Å². The van der Waals surface area contributed by atoms with Crippen LogP contribution < -0.4 is 10.2 Å². The SMILES string of the molecule is Cc1nn(CC(C)C)c(C)c1CCC(=O)NCc1ccc(N2CCCC2=O)cc1. The van der Waals surface area contributed by atoms with Gasteiger partial charge >= 0.3 is 0 Å². The number of nitrogens with one attached hydrogen (secondary N) is 1. The van der Waals surface area contributed by atoms with E-state index in [0.717, 1.165) is 42.1 Å². The van der Waals surface area contributed by atoms with Gasteiger partial charge in [0.15, 0.2) is 0 Å². The van der Waals surface area contributed by atoms with Crippen LogP contribution in [0, 0.1) is 19.8 Å². The molecule has 2 heterocycles. The summed E-state index contributed by atoms with van der Waals surface area (Å²) in [4.78, 5) is 26.0. The highest BCUT2D eigenvalue weighted by Crippen LogP contribution is 2.21. The molecule has 0 aliphatic carbocycles. The third-order valence-electron chi connectivity index (χ3n) is 5.48. The van der Waals surface area contributed by atoms with Crippen LogP contribution in [0.25, 0.3) is 0 Å². The van der Waals surface area contributed by atoms with Crippen molar-refractivity contribution in [3.8, 4) is 0 Å². The number of anilines is 1. The Morgan fingerprint density at radius 3 is 2.55 bits per heavy atom. The zero-order valence-corrected chi connectivity index (χ0v) is 18.0. The fraction of sp³-hybridized carbons (Fsp3) is 0.522. The predicted octanol–water partition coefficient (Wildman–Crippen LogP) is 3.53. The lowest BCUT2D eigenvalue weighted by atomic mass is 10.1. The Balaban J connectivity index is 1.49. The van der Waals surface area contributed by atoms with Crippen molar-refractivity contribution in [1.29, 1.82) is 0 Å². The van der Waals surface area contributed by atoms with Gasteiger partial charge in [-0.25, -0.2) is 0 Å². The summed E-state index contributed by atoms with van der Waals surface area (Å²) in [6.45, 7) is 10.7. The maximum Gasteiger partial charge on any atom is 0.227 e. The number of benzene rings is 1. The maximum absolute atomic E-state index is 12.3. The van der Waals surface area contributed by atoms with Crippen LogP contribution in [0.4, 0.5) is 5.69 Å². The molecule has 1 aliphatic heterocycles. The summed E-state index contributed by atoms with van der Waals surface area (Å²) in [6, 6.07) is 7.87. The molecule has 2 amide bonds. The molecular weight excluding hydrogens is 364 g/mol. The number of carbonyl (C=O) groups is 2. The smallest absolute Gasteiger partial charge is 0.227 e. The third-order valence-corrected chi connectivity index (χ3v) is 5.48. The largest absolute Gasteiger partial charge is 0.352 e. The first kappa shape index (κ1) is 21.1. The summed E-state index contributed by atoms with van der Waals surface area (Å²) in [5, 5.41) is 7.62. The number of aryl methyl sites for hydroxylation is 1. The Labute approximate surface area is 173 Å². The zero-order valence-electron chi connectivity index (χ0n) is 18.0. The maximum atomic E-state index is 12.3. The minimum atomic E-state index is 0.0409. The molecule has 29 heavy (non-hydrogen) atoms. The molecule has 2 aromatic rings. The van der Waals surface area contributed by atoms with Crippen molar-refractivity contribution in [1.82, 2.24) is 15.1 Å². The molecule has 1 aromatic carbocycles. The lowest BCUT2D eigenvalue weighted by Crippen LogP contribution is -2.24. The fourth-order valence-electron chi connectivity index (χ4n) is 3.86. The number of nitrogens with zero attached hydrogens (tertiary/aromatic N) is 3. The first-order valence-corrected chi connectivity index (χ1v) is 10.5. The quantitative estimate of drug-likeness (QED) is 0.742. The first-order valence-electron chi connectivity index (χ1n) is 10.5. The van der Waals surface area contributed by atoms with Gasteiger partial charge in [0.05, 0.1) is 5.69 Å². The van der Waals surface area contributed by atoms with E-state index in [1.165, 1.54) is 5.56 Å². The molecule has 3 rings (SSSR count). The second kappa shape index (κ2) is 9.25. The molecular formula is C23H32N4O2. The van der Waals surface area contributed by atoms with Gasteiger partial charge in [0.2, 0.25) is 11.8 Å². The number of carbonyl (C=O) groups excluding carboxylic acids is 2. The highest BCUT2D eigenvalue weighted by molar-refractivity contribution is 5.95. The van der Waals surface area contributed by atoms with Gasteiger partial charge in [-0.05, 0) is 55.9 Å². The summed E-state index contributed by atoms with van der Waals surface area (Å²) in [5.41, 5.74) is 5.33. The number of aromatic nitrogens is 2. The fourth-order valence-corrected chi connectivity index (χ4v) is 3.86. The number of hydrogen-bond donors (Lipinski definition) is 1. The van der Waals surface area contributed by atoms with E-state index in [0.29, 0.717) is 31.7 Å². The van der Waals surface area contributed by atoms with Crippen LogP contribution in [0.5, 0.6) is 0 Å². The molecule has 1 aromatic heterocycles. The molecule has 0 saturated carbocycles. The molecule has 156 valence electrons. The van der Waals surface area contributed by atoms with Gasteiger partial charge < -0.3 is 10.2 Å². The van der Waals surface area contributed by atoms with E-state index in [4.69, 9.17) is 0 Å². The van der Waals surface area contributed by atoms with Gasteiger partial charge in [-0.15, -0.1) is 0 Å². The highest BCUT2D eigenvalue weighted by Gasteiger charge is 2.21. The van der Waals surface area contributed by atoms with E-state index in [1.807, 2.05) is 36.1 Å². The standard InChI is InChI=1S/C23H32N4O2/c1-16(2)15-27-18(4)21(17(3)25-27)11-12-22(28)24-14-19-7-9-20(10-8-19)26-13-5-6-23(26)29/h7-10,16H,5-6,11-15H2,1-4H3,(H,24,28). The predicted molar refractivity (Wildman–Crippen MR) is 115 cm³/mol. The molecule has 1 aliphatic rings. The van der Waals surface area contributed by atoms with Crippen molar-refractivity contribution >= 4 is 17.5 Å². The Morgan fingerprint density at radius 2 is 1.93 bits per heavy atom. The highest BCUT2D eigenvalue weighted by atomic mass is 16.2. The Kier molecular flexibility index (Phi) is 6.72. The molecule has 0 atom stereocenters. The Bertz CT molecular complexity index is 868. The Hall–Kier alpha value is -2.63. The van der Waals surface area contributed by atoms with Crippen LogP contribution in [-0.4, -0.2) is 28.1 Å². The molecule has 1 saturated heterocycles. The number of rotatable bonds is 8. The topological polar surface area (TPSA) is 67.2 Å². The first-order chi connectivity index (χ1) is 13.8. The van der Waals surface area contributed by atoms with Crippen molar-refractivity contribution in [2.45, 2.75) is 66.5 Å². The minimum absolute atomic E-state index is 0.0409. The van der Waals surface area contributed by atoms with Gasteiger partial charge in [-0.1, -0.05) is 26.0 Å². The molecule has 6 nitrogen and oxygen atoms in total. The van der Waals surface area contributed by atoms with E-state index >= 15 is 0 Å². The van der Waals surface area contributed by atoms with Gasteiger partial charge in [-0.3, -0.25) is 14.3 Å². The molecule has 0 spiro atoms. The summed E-state index contributed by atoms with van der Waals surface area (Å²) in [5.74, 6) is 0.770. The van der Waals surface area contributed by atoms with Crippen molar-refractivity contribution in [2.75, 3.05) is 11.4 Å². The lowest BCUT2D eigenvalue weighted by molar-refractivity contribution is -0.121. The molecule has 6 heteroatoms. The minimum Gasteiger partial charge on any atom is -0.352 e. The van der Waals surface area contributed by atoms with Crippen LogP contribution in [0.2, 0.25) is 0 Å². The van der Waals surface area contributed by atoms with Crippen LogP contribution in [0.1, 0.15) is 55.6 Å². The van der Waals surface area contributed by atoms with E-state index in [1.54, 1.807) is 0 Å². The van der Waals surface area contributed by atoms with Crippen LogP contribution in [-0.2, 0) is 29.1 Å². The second-order valence-corrected chi connectivity index (χ2v) is 8.32. The van der Waals surface area contributed by atoms with Gasteiger partial charge in [0.1, 0.15) is 0 Å². The second-order valence-electron chi connectivity index (χ2n) is 8.32. The molecule has 1 N–H and O–H groups in total. The van der Waals surface area contributed by atoms with E-state index in [2.05, 4.69) is 35.9 Å². The monoisotopic (exact) mass is 396 g/mol. The van der Waals surface area contributed by atoms with Gasteiger partial charge in [0, 0.05) is 43.9 Å². The average Bonchev–Trinajstić information content (AvgIpc) is 3.22. The van der Waals surface area contributed by atoms with Crippen molar-refractivity contribution in [3.63, 3.8) is 0 Å². The summed E-state index contributed by atoms with van der Waals surface area (Å²) in [6.07, 6.45) is 2.71. The normalized spacial score (nSPS) is 14.1. The number of amides is 2. The van der Waals surface area contributed by atoms with E-state index < -0.39 is 0 Å². The van der Waals surface area contributed by atoms with Crippen molar-refractivity contribution in [2.24, 2.45) is 5.92 Å². The Morgan fingerprint density at radius 1 is 1.21 bits per heavy atom. The van der Waals surface area contributed by atoms with Crippen LogP contribution in [0.15, 0.2) is 24.3 Å². The molecule has 0 radical (unpaired) electrons. The third kappa shape index (κ3) is 5.25. The molecule has 0 unspecified atom stereocenters. The number of hydrogen-bond acceptors (Lipinski definition) is 3. The molecule has 1 fully saturated rings. The molecule has 0 bridgehead atoms. The van der Waals surface area contributed by atoms with E-state index in [9.17, 15) is 9.59 Å². The average molecular weight is 397 g/mol. The summed E-state index contributed by atoms with van der Waals surface area (Å²) >= 11 is 0. The van der Waals surface area contributed by atoms with Crippen LogP contribution >= 0.6 is 0 Å². The summed E-state index contributed by atoms with van der Waals surface area (Å²) < 4.78 is 2.06. The lowest BCUT2D eigenvalue weighted by Gasteiger charge is -2.16.